The Morgan fingerprint density at radius 1 is 1.12 bits per heavy atom. The molecule has 0 aliphatic carbocycles. The number of benzene rings is 3. The molecule has 12 heteroatoms. The average Bonchev–Trinajstić information content (AvgIpc) is 3.79. The number of rotatable bonds is 8. The summed E-state index contributed by atoms with van der Waals surface area (Å²) in [7, 11) is -3.52. The van der Waals surface area contributed by atoms with E-state index < -0.39 is 37.6 Å². The number of aliphatic hydroxyl groups is 1. The number of aliphatic hydroxyl groups excluding tert-OH is 1. The van der Waals surface area contributed by atoms with Gasteiger partial charge in [-0.25, -0.2) is 0 Å². The van der Waals surface area contributed by atoms with Gasteiger partial charge in [-0.3, -0.25) is 14.4 Å². The summed E-state index contributed by atoms with van der Waals surface area (Å²) >= 11 is 6.54. The molecule has 2 saturated heterocycles. The summed E-state index contributed by atoms with van der Waals surface area (Å²) in [5.74, 6) is -1.20. The maximum Gasteiger partial charge on any atom is 0.264 e. The first kappa shape index (κ1) is 34.8. The van der Waals surface area contributed by atoms with Crippen molar-refractivity contribution in [1.29, 1.82) is 0 Å². The Balaban J connectivity index is 1.16. The average molecular weight is 719 g/mol. The molecule has 3 aromatic carbocycles. The van der Waals surface area contributed by atoms with Crippen molar-refractivity contribution >= 4 is 49.1 Å². The molecular weight excluding hydrogens is 675 g/mol. The van der Waals surface area contributed by atoms with E-state index in [2.05, 4.69) is 10.6 Å². The molecule has 9 nitrogen and oxygen atoms in total. The van der Waals surface area contributed by atoms with Crippen LogP contribution in [0.4, 0.5) is 15.5 Å². The second-order valence-electron chi connectivity index (χ2n) is 14.7. The predicted molar refractivity (Wildman–Crippen MR) is 193 cm³/mol. The highest BCUT2D eigenvalue weighted by molar-refractivity contribution is 6.72. The standard InChI is InChI=1S/C38H44ClFN4O5Si/c1-23-35(50(2,3)40)33(19-34(46)43-21-26-8-5-4-7-25(26)17-29(43)22-45)49-38(23)30-18-27(39)12-15-32(30)44(37(38)48)20-24-10-13-28(14-11-24)42-36(47)31-9-6-16-41-31/h4-5,7-8,10-15,18,23,29,31,33,35,41,45H,6,9,16-17,19-22H2,1-3H3,(H,42,47)/t23-,29+,31-,33+,35-,38+/m1/s1. The number of amides is 3. The van der Waals surface area contributed by atoms with Crippen molar-refractivity contribution in [3.05, 3.63) is 94.0 Å². The van der Waals surface area contributed by atoms with E-state index in [0.717, 1.165) is 36.1 Å². The van der Waals surface area contributed by atoms with Crippen molar-refractivity contribution in [2.75, 3.05) is 23.4 Å². The predicted octanol–water partition coefficient (Wildman–Crippen LogP) is 5.69. The molecule has 7 rings (SSSR count). The number of carbonyl (C=O) groups is 3. The molecule has 4 aliphatic rings. The van der Waals surface area contributed by atoms with Crippen LogP contribution in [0.2, 0.25) is 23.7 Å². The van der Waals surface area contributed by atoms with Gasteiger partial charge in [-0.15, -0.1) is 0 Å². The van der Waals surface area contributed by atoms with E-state index in [0.29, 0.717) is 34.9 Å². The van der Waals surface area contributed by atoms with Gasteiger partial charge in [0.25, 0.3) is 5.91 Å². The largest absolute Gasteiger partial charge is 0.394 e. The molecule has 3 aromatic rings. The molecule has 1 spiro atoms. The lowest BCUT2D eigenvalue weighted by Crippen LogP contribution is -2.48. The van der Waals surface area contributed by atoms with Gasteiger partial charge >= 0.3 is 0 Å². The molecule has 0 radical (unpaired) electrons. The molecule has 3 N–H and O–H groups in total. The molecule has 0 unspecified atom stereocenters. The van der Waals surface area contributed by atoms with Gasteiger partial charge in [0.05, 0.1) is 43.4 Å². The smallest absolute Gasteiger partial charge is 0.264 e. The van der Waals surface area contributed by atoms with Crippen molar-refractivity contribution in [3.8, 4) is 0 Å². The van der Waals surface area contributed by atoms with E-state index >= 15 is 4.11 Å². The van der Waals surface area contributed by atoms with Crippen LogP contribution in [0.15, 0.2) is 66.7 Å². The SMILES string of the molecule is C[C@@H]1[C@@H]([Si](C)(C)F)[C@H](CC(=O)N2Cc3ccccc3C[C@H]2CO)O[C@@]12C(=O)N(Cc1ccc(NC(=O)[C@H]3CCCN3)cc1)c1ccc(Cl)cc12. The molecule has 4 heterocycles. The Hall–Kier alpha value is -3.61. The van der Waals surface area contributed by atoms with Crippen molar-refractivity contribution in [2.45, 2.75) is 88.1 Å². The first-order valence-electron chi connectivity index (χ1n) is 17.5. The summed E-state index contributed by atoms with van der Waals surface area (Å²) in [6, 6.07) is 19.9. The third kappa shape index (κ3) is 6.17. The van der Waals surface area contributed by atoms with Crippen LogP contribution >= 0.6 is 11.6 Å². The second kappa shape index (κ2) is 13.5. The summed E-state index contributed by atoms with van der Waals surface area (Å²) in [4.78, 5) is 44.8. The van der Waals surface area contributed by atoms with Gasteiger partial charge in [-0.2, -0.15) is 0 Å². The van der Waals surface area contributed by atoms with Crippen LogP contribution in [0, 0.1) is 5.92 Å². The third-order valence-electron chi connectivity index (χ3n) is 11.1. The molecular formula is C38H44ClFN4O5Si. The zero-order valence-corrected chi connectivity index (χ0v) is 30.4. The number of carbonyl (C=O) groups excluding carboxylic acids is 3. The van der Waals surface area contributed by atoms with E-state index in [1.54, 1.807) is 41.1 Å². The molecule has 50 heavy (non-hydrogen) atoms. The summed E-state index contributed by atoms with van der Waals surface area (Å²) in [5, 5.41) is 16.8. The van der Waals surface area contributed by atoms with E-state index in [4.69, 9.17) is 16.3 Å². The van der Waals surface area contributed by atoms with Crippen LogP contribution in [-0.4, -0.2) is 67.5 Å². The van der Waals surface area contributed by atoms with Crippen LogP contribution in [0.1, 0.15) is 48.4 Å². The minimum absolute atomic E-state index is 0.0657. The van der Waals surface area contributed by atoms with Crippen molar-refractivity contribution in [3.63, 3.8) is 0 Å². The lowest BCUT2D eigenvalue weighted by atomic mass is 9.82. The number of fused-ring (bicyclic) bond motifs is 3. The Morgan fingerprint density at radius 2 is 1.86 bits per heavy atom. The van der Waals surface area contributed by atoms with Crippen molar-refractivity contribution in [1.82, 2.24) is 10.2 Å². The Bertz CT molecular complexity index is 1800. The third-order valence-corrected chi connectivity index (χ3v) is 13.8. The number of ether oxygens (including phenoxy) is 1. The molecule has 3 amide bonds. The molecule has 0 aromatic heterocycles. The van der Waals surface area contributed by atoms with Gasteiger partial charge < -0.3 is 34.4 Å². The van der Waals surface area contributed by atoms with E-state index in [-0.39, 0.29) is 43.3 Å². The van der Waals surface area contributed by atoms with Gasteiger partial charge in [0.15, 0.2) is 5.60 Å². The Labute approximate surface area is 298 Å². The highest BCUT2D eigenvalue weighted by Crippen LogP contribution is 2.60. The zero-order valence-electron chi connectivity index (χ0n) is 28.6. The fraction of sp³-hybridized carbons (Fsp3) is 0.447. The fourth-order valence-corrected chi connectivity index (χ4v) is 11.4. The molecule has 2 fully saturated rings. The molecule has 6 atom stereocenters. The molecule has 264 valence electrons. The van der Waals surface area contributed by atoms with Gasteiger partial charge in [0, 0.05) is 34.3 Å². The molecule has 4 aliphatic heterocycles. The van der Waals surface area contributed by atoms with Crippen molar-refractivity contribution < 1.29 is 28.3 Å². The normalized spacial score (nSPS) is 27.5. The van der Waals surface area contributed by atoms with Gasteiger partial charge in [-0.1, -0.05) is 54.9 Å². The first-order valence-corrected chi connectivity index (χ1v) is 20.8. The number of nitrogens with one attached hydrogen (secondary N) is 2. The maximum atomic E-state index is 16.4. The fourth-order valence-electron chi connectivity index (χ4n) is 8.72. The van der Waals surface area contributed by atoms with Crippen molar-refractivity contribution in [2.24, 2.45) is 5.92 Å². The summed E-state index contributed by atoms with van der Waals surface area (Å²) in [6.45, 7) is 6.29. The highest BCUT2D eigenvalue weighted by Gasteiger charge is 2.67. The number of anilines is 2. The van der Waals surface area contributed by atoms with Gasteiger partial charge in [0.1, 0.15) is 0 Å². The summed E-state index contributed by atoms with van der Waals surface area (Å²) < 4.78 is 23.2. The Morgan fingerprint density at radius 3 is 2.54 bits per heavy atom. The monoisotopic (exact) mass is 718 g/mol. The zero-order chi connectivity index (χ0) is 35.4. The topological polar surface area (TPSA) is 111 Å². The van der Waals surface area contributed by atoms with E-state index in [1.807, 2.05) is 55.5 Å². The van der Waals surface area contributed by atoms with Crippen LogP contribution in [0.5, 0.6) is 0 Å². The second-order valence-corrected chi connectivity index (χ2v) is 18.9. The minimum Gasteiger partial charge on any atom is -0.394 e. The summed E-state index contributed by atoms with van der Waals surface area (Å²) in [5.41, 5.74) is 2.64. The molecule has 0 saturated carbocycles. The van der Waals surface area contributed by atoms with Gasteiger partial charge in [-0.05, 0) is 85.9 Å². The number of nitrogens with zero attached hydrogens (tertiary/aromatic N) is 2. The maximum absolute atomic E-state index is 16.4. The van der Waals surface area contributed by atoms with Gasteiger partial charge in [0.2, 0.25) is 20.2 Å². The lowest BCUT2D eigenvalue weighted by molar-refractivity contribution is -0.151. The Kier molecular flexibility index (Phi) is 9.40. The van der Waals surface area contributed by atoms with Crippen LogP contribution in [-0.2, 0) is 44.2 Å². The van der Waals surface area contributed by atoms with Crippen LogP contribution in [0.3, 0.4) is 0 Å². The molecule has 0 bridgehead atoms. The van der Waals surface area contributed by atoms with E-state index in [1.165, 1.54) is 0 Å². The van der Waals surface area contributed by atoms with Crippen LogP contribution < -0.4 is 15.5 Å². The number of hydrogen-bond acceptors (Lipinski definition) is 6. The quantitative estimate of drug-likeness (QED) is 0.204. The summed E-state index contributed by atoms with van der Waals surface area (Å²) in [6.07, 6.45) is 1.34. The number of halogens is 2. The number of hydrogen-bond donors (Lipinski definition) is 3. The van der Waals surface area contributed by atoms with E-state index in [9.17, 15) is 19.5 Å². The minimum atomic E-state index is -3.52. The first-order chi connectivity index (χ1) is 23.9. The lowest BCUT2D eigenvalue weighted by Gasteiger charge is -2.37. The van der Waals surface area contributed by atoms with Crippen LogP contribution in [0.25, 0.3) is 0 Å². The highest BCUT2D eigenvalue weighted by atomic mass is 35.5.